The van der Waals surface area contributed by atoms with Crippen LogP contribution in [0, 0.1) is 6.92 Å². The second kappa shape index (κ2) is 8.93. The minimum absolute atomic E-state index is 0.0179. The van der Waals surface area contributed by atoms with E-state index in [-0.39, 0.29) is 10.6 Å². The predicted octanol–water partition coefficient (Wildman–Crippen LogP) is 2.85. The molecule has 2 amide bonds. The minimum atomic E-state index is -3.89. The van der Waals surface area contributed by atoms with Gasteiger partial charge in [-0.05, 0) is 55.0 Å². The lowest BCUT2D eigenvalue weighted by Crippen LogP contribution is -2.17. The van der Waals surface area contributed by atoms with Crippen LogP contribution in [-0.4, -0.2) is 30.0 Å². The topological polar surface area (TPSA) is 150 Å². The summed E-state index contributed by atoms with van der Waals surface area (Å²) in [5, 5.41) is 12.5. The molecule has 0 atom stereocenters. The van der Waals surface area contributed by atoms with Crippen molar-refractivity contribution in [1.82, 2.24) is 9.78 Å². The Bertz CT molecular complexity index is 1510. The number of aromatic nitrogens is 2. The molecule has 4 rings (SSSR count). The van der Waals surface area contributed by atoms with Crippen molar-refractivity contribution in [3.05, 3.63) is 95.8 Å². The molecule has 0 radical (unpaired) electrons. The Labute approximate surface area is 196 Å². The van der Waals surface area contributed by atoms with E-state index in [9.17, 15) is 18.0 Å². The highest BCUT2D eigenvalue weighted by molar-refractivity contribution is 7.89. The number of rotatable bonds is 6. The lowest BCUT2D eigenvalue weighted by Gasteiger charge is -2.11. The summed E-state index contributed by atoms with van der Waals surface area (Å²) in [6.45, 7) is 1.75. The zero-order valence-electron chi connectivity index (χ0n) is 18.1. The number of carbonyl (C=O) groups is 2. The number of nitrogens with two attached hydrogens (primary N) is 2. The molecule has 0 aliphatic carbocycles. The van der Waals surface area contributed by atoms with Gasteiger partial charge < -0.3 is 11.1 Å². The van der Waals surface area contributed by atoms with Crippen molar-refractivity contribution >= 4 is 27.5 Å². The molecule has 3 aromatic carbocycles. The smallest absolute Gasteiger partial charge is 0.274 e. The van der Waals surface area contributed by atoms with Gasteiger partial charge in [0.25, 0.3) is 5.91 Å². The highest BCUT2D eigenvalue weighted by Crippen LogP contribution is 2.27. The summed E-state index contributed by atoms with van der Waals surface area (Å²) in [5.74, 6) is -0.997. The number of hydrogen-bond acceptors (Lipinski definition) is 5. The Morgan fingerprint density at radius 2 is 1.65 bits per heavy atom. The van der Waals surface area contributed by atoms with Crippen LogP contribution >= 0.6 is 0 Å². The molecule has 10 heteroatoms. The lowest BCUT2D eigenvalue weighted by atomic mass is 10.1. The largest absolute Gasteiger partial charge is 0.366 e. The average molecular weight is 476 g/mol. The van der Waals surface area contributed by atoms with Crippen molar-refractivity contribution in [2.75, 3.05) is 5.32 Å². The number of amides is 2. The van der Waals surface area contributed by atoms with Crippen LogP contribution in [0.15, 0.2) is 83.8 Å². The molecule has 0 aliphatic rings. The molecule has 0 spiro atoms. The van der Waals surface area contributed by atoms with Crippen molar-refractivity contribution in [2.24, 2.45) is 10.9 Å². The van der Waals surface area contributed by atoms with E-state index in [1.807, 2.05) is 0 Å². The fraction of sp³-hybridized carbons (Fsp3) is 0.0417. The van der Waals surface area contributed by atoms with E-state index in [0.29, 0.717) is 33.8 Å². The molecule has 9 nitrogen and oxygen atoms in total. The zero-order chi connectivity index (χ0) is 24.5. The van der Waals surface area contributed by atoms with Gasteiger partial charge in [-0.2, -0.15) is 5.10 Å². The van der Waals surface area contributed by atoms with Crippen LogP contribution in [0.25, 0.3) is 16.8 Å². The second-order valence-electron chi connectivity index (χ2n) is 7.57. The molecule has 1 aromatic heterocycles. The fourth-order valence-corrected chi connectivity index (χ4v) is 4.29. The van der Waals surface area contributed by atoms with Gasteiger partial charge in [-0.25, -0.2) is 18.2 Å². The van der Waals surface area contributed by atoms with Crippen molar-refractivity contribution in [3.63, 3.8) is 0 Å². The number of hydrogen-bond donors (Lipinski definition) is 3. The van der Waals surface area contributed by atoms with E-state index < -0.39 is 21.8 Å². The van der Waals surface area contributed by atoms with Gasteiger partial charge in [0.15, 0.2) is 0 Å². The van der Waals surface area contributed by atoms with Crippen LogP contribution < -0.4 is 16.2 Å². The maximum atomic E-state index is 13.0. The van der Waals surface area contributed by atoms with Crippen LogP contribution in [0.2, 0.25) is 0 Å². The maximum absolute atomic E-state index is 13.0. The molecule has 34 heavy (non-hydrogen) atoms. The third-order valence-corrected chi connectivity index (χ3v) is 6.06. The first-order valence-corrected chi connectivity index (χ1v) is 11.7. The third-order valence-electron chi connectivity index (χ3n) is 5.09. The summed E-state index contributed by atoms with van der Waals surface area (Å²) in [6.07, 6.45) is 0. The first-order valence-electron chi connectivity index (χ1n) is 10.1. The summed E-state index contributed by atoms with van der Waals surface area (Å²) >= 11 is 0. The van der Waals surface area contributed by atoms with Crippen LogP contribution in [0.1, 0.15) is 26.5 Å². The molecule has 172 valence electrons. The predicted molar refractivity (Wildman–Crippen MR) is 128 cm³/mol. The molecule has 0 unspecified atom stereocenters. The fourth-order valence-electron chi connectivity index (χ4n) is 3.53. The van der Waals surface area contributed by atoms with E-state index >= 15 is 0 Å². The Hall–Kier alpha value is -4.28. The Morgan fingerprint density at radius 3 is 2.32 bits per heavy atom. The number of anilines is 1. The van der Waals surface area contributed by atoms with Crippen LogP contribution in [0.4, 0.5) is 5.69 Å². The molecular formula is C24H21N5O4S. The summed E-state index contributed by atoms with van der Waals surface area (Å²) in [7, 11) is -3.89. The minimum Gasteiger partial charge on any atom is -0.366 e. The monoisotopic (exact) mass is 475 g/mol. The standard InChI is InChI=1S/C24H21N5O4S/c1-15-13-21(29(28-15)19-6-4-5-17(14-19)23(25)30)24(31)27-18-11-9-16(10-12-18)20-7-2-3-8-22(20)34(26,32)33/h2-14H,1H3,(H2,25,30)(H,27,31)(H2,26,32,33). The SMILES string of the molecule is Cc1cc(C(=O)Nc2ccc(-c3ccccc3S(N)(=O)=O)cc2)n(-c2cccc(C(N)=O)c2)n1. The first kappa shape index (κ1) is 22.9. The van der Waals surface area contributed by atoms with E-state index in [0.717, 1.165) is 0 Å². The number of nitrogens with zero attached hydrogens (tertiary/aromatic N) is 2. The van der Waals surface area contributed by atoms with Gasteiger partial charge in [-0.1, -0.05) is 36.4 Å². The van der Waals surface area contributed by atoms with Crippen LogP contribution in [-0.2, 0) is 10.0 Å². The van der Waals surface area contributed by atoms with Crippen molar-refractivity contribution in [3.8, 4) is 16.8 Å². The molecule has 1 heterocycles. The van der Waals surface area contributed by atoms with E-state index in [1.165, 1.54) is 10.7 Å². The number of primary sulfonamides is 1. The van der Waals surface area contributed by atoms with E-state index in [2.05, 4.69) is 10.4 Å². The normalized spacial score (nSPS) is 11.2. The number of benzene rings is 3. The number of primary amides is 1. The Kier molecular flexibility index (Phi) is 6.01. The van der Waals surface area contributed by atoms with Crippen molar-refractivity contribution in [1.29, 1.82) is 0 Å². The quantitative estimate of drug-likeness (QED) is 0.392. The van der Waals surface area contributed by atoms with Gasteiger partial charge in [0.2, 0.25) is 15.9 Å². The third kappa shape index (κ3) is 4.72. The molecule has 0 bridgehead atoms. The molecule has 0 aliphatic heterocycles. The lowest BCUT2D eigenvalue weighted by molar-refractivity contribution is 0.0997. The maximum Gasteiger partial charge on any atom is 0.274 e. The molecule has 5 N–H and O–H groups in total. The number of aryl methyl sites for hydroxylation is 1. The van der Waals surface area contributed by atoms with Gasteiger partial charge >= 0.3 is 0 Å². The number of sulfonamides is 1. The Balaban J connectivity index is 1.61. The van der Waals surface area contributed by atoms with Gasteiger partial charge in [-0.3, -0.25) is 9.59 Å². The molecule has 4 aromatic rings. The highest BCUT2D eigenvalue weighted by Gasteiger charge is 2.18. The molecule has 0 saturated carbocycles. The van der Waals surface area contributed by atoms with Gasteiger partial charge in [0, 0.05) is 16.8 Å². The van der Waals surface area contributed by atoms with Crippen LogP contribution in [0.3, 0.4) is 0 Å². The zero-order valence-corrected chi connectivity index (χ0v) is 18.9. The second-order valence-corrected chi connectivity index (χ2v) is 9.10. The van der Waals surface area contributed by atoms with E-state index in [1.54, 1.807) is 79.7 Å². The van der Waals surface area contributed by atoms with Crippen LogP contribution in [0.5, 0.6) is 0 Å². The number of nitrogens with one attached hydrogen (secondary N) is 1. The summed E-state index contributed by atoms with van der Waals surface area (Å²) in [6, 6.07) is 21.3. The van der Waals surface area contributed by atoms with Crippen molar-refractivity contribution in [2.45, 2.75) is 11.8 Å². The first-order chi connectivity index (χ1) is 16.1. The van der Waals surface area contributed by atoms with Gasteiger partial charge in [-0.15, -0.1) is 0 Å². The van der Waals surface area contributed by atoms with Gasteiger partial charge in [0.05, 0.1) is 16.3 Å². The summed E-state index contributed by atoms with van der Waals surface area (Å²) in [4.78, 5) is 24.6. The molecule has 0 saturated heterocycles. The molecular weight excluding hydrogens is 454 g/mol. The van der Waals surface area contributed by atoms with E-state index in [4.69, 9.17) is 10.9 Å². The average Bonchev–Trinajstić information content (AvgIpc) is 3.21. The Morgan fingerprint density at radius 1 is 0.941 bits per heavy atom. The summed E-state index contributed by atoms with van der Waals surface area (Å²) < 4.78 is 25.2. The summed E-state index contributed by atoms with van der Waals surface area (Å²) in [5.41, 5.74) is 8.66. The van der Waals surface area contributed by atoms with Gasteiger partial charge in [0.1, 0.15) is 5.69 Å². The number of carbonyl (C=O) groups excluding carboxylic acids is 2. The highest BCUT2D eigenvalue weighted by atomic mass is 32.2. The van der Waals surface area contributed by atoms with Crippen molar-refractivity contribution < 1.29 is 18.0 Å². The molecule has 0 fully saturated rings.